The molecule has 0 aromatic rings. The first kappa shape index (κ1) is 16.7. The van der Waals surface area contributed by atoms with Crippen molar-refractivity contribution in [1.82, 2.24) is 0 Å². The Bertz CT molecular complexity index is 254. The first-order valence-corrected chi connectivity index (χ1v) is 4.43. The van der Waals surface area contributed by atoms with Crippen molar-refractivity contribution in [2.75, 3.05) is 0 Å². The van der Waals surface area contributed by atoms with Gasteiger partial charge in [-0.3, -0.25) is 14.4 Å². The van der Waals surface area contributed by atoms with Crippen LogP contribution < -0.4 is 17.2 Å². The third-order valence-corrected chi connectivity index (χ3v) is 1.41. The van der Waals surface area contributed by atoms with E-state index in [0.717, 1.165) is 0 Å². The summed E-state index contributed by atoms with van der Waals surface area (Å²) in [5.74, 6) is -2.60. The number of carboxylic acids is 2. The molecule has 0 heterocycles. The van der Waals surface area contributed by atoms with Crippen LogP contribution in [0.3, 0.4) is 0 Å². The summed E-state index contributed by atoms with van der Waals surface area (Å²) >= 11 is 0. The van der Waals surface area contributed by atoms with Crippen LogP contribution in [0.2, 0.25) is 0 Å². The second-order valence-corrected chi connectivity index (χ2v) is 3.08. The van der Waals surface area contributed by atoms with Crippen molar-refractivity contribution in [2.45, 2.75) is 31.8 Å². The molecule has 0 aliphatic rings. The van der Waals surface area contributed by atoms with E-state index in [4.69, 9.17) is 27.4 Å². The van der Waals surface area contributed by atoms with Crippen molar-refractivity contribution in [3.05, 3.63) is 0 Å². The van der Waals surface area contributed by atoms with Gasteiger partial charge in [0.2, 0.25) is 5.91 Å². The Kier molecular flexibility index (Phi) is 9.03. The first-order valence-electron chi connectivity index (χ1n) is 4.43. The molecule has 0 fully saturated rings. The molecule has 0 aliphatic carbocycles. The molecular weight excluding hydrogens is 218 g/mol. The predicted molar refractivity (Wildman–Crippen MR) is 55.3 cm³/mol. The summed E-state index contributed by atoms with van der Waals surface area (Å²) in [7, 11) is 0. The molecular formula is C8H17N3O5. The number of amides is 1. The molecule has 0 spiro atoms. The van der Waals surface area contributed by atoms with Crippen LogP contribution >= 0.6 is 0 Å². The minimum Gasteiger partial charge on any atom is -0.480 e. The Morgan fingerprint density at radius 1 is 1.12 bits per heavy atom. The third kappa shape index (κ3) is 12.3. The Morgan fingerprint density at radius 3 is 1.69 bits per heavy atom. The Morgan fingerprint density at radius 2 is 1.50 bits per heavy atom. The van der Waals surface area contributed by atoms with Gasteiger partial charge in [0.1, 0.15) is 12.1 Å². The van der Waals surface area contributed by atoms with E-state index in [1.165, 1.54) is 6.92 Å². The summed E-state index contributed by atoms with van der Waals surface area (Å²) in [6.45, 7) is 1.42. The fourth-order valence-electron chi connectivity index (χ4n) is 0.421. The second-order valence-electron chi connectivity index (χ2n) is 3.08. The zero-order chi connectivity index (χ0) is 13.3. The molecule has 0 aromatic heterocycles. The fraction of sp³-hybridized carbons (Fsp3) is 0.625. The average molecular weight is 235 g/mol. The number of hydrogen-bond donors (Lipinski definition) is 5. The molecule has 2 atom stereocenters. The number of rotatable bonds is 5. The maximum Gasteiger partial charge on any atom is 0.320 e. The van der Waals surface area contributed by atoms with E-state index in [2.05, 4.69) is 0 Å². The molecule has 8 heteroatoms. The van der Waals surface area contributed by atoms with Gasteiger partial charge in [-0.15, -0.1) is 0 Å². The topological polar surface area (TPSA) is 170 Å². The van der Waals surface area contributed by atoms with Crippen LogP contribution in [-0.4, -0.2) is 40.1 Å². The molecule has 16 heavy (non-hydrogen) atoms. The highest BCUT2D eigenvalue weighted by atomic mass is 16.4. The summed E-state index contributed by atoms with van der Waals surface area (Å²) < 4.78 is 0. The lowest BCUT2D eigenvalue weighted by molar-refractivity contribution is -0.139. The highest BCUT2D eigenvalue weighted by Crippen LogP contribution is 1.92. The lowest BCUT2D eigenvalue weighted by Gasteiger charge is -2.01. The van der Waals surface area contributed by atoms with Crippen LogP contribution in [0, 0.1) is 0 Å². The quantitative estimate of drug-likeness (QED) is 0.369. The molecule has 0 saturated heterocycles. The number of hydrogen-bond acceptors (Lipinski definition) is 5. The van der Waals surface area contributed by atoms with E-state index in [1.807, 2.05) is 0 Å². The molecule has 0 bridgehead atoms. The van der Waals surface area contributed by atoms with Crippen LogP contribution in [0.25, 0.3) is 0 Å². The highest BCUT2D eigenvalue weighted by Gasteiger charge is 2.11. The van der Waals surface area contributed by atoms with Crippen LogP contribution in [0.4, 0.5) is 0 Å². The third-order valence-electron chi connectivity index (χ3n) is 1.41. The predicted octanol–water partition coefficient (Wildman–Crippen LogP) is -1.92. The maximum absolute atomic E-state index is 10.1. The van der Waals surface area contributed by atoms with Crippen molar-refractivity contribution >= 4 is 17.8 Å². The molecule has 0 rings (SSSR count). The summed E-state index contributed by atoms with van der Waals surface area (Å²) in [5, 5.41) is 16.1. The van der Waals surface area contributed by atoms with Gasteiger partial charge in [-0.1, -0.05) is 0 Å². The minimum absolute atomic E-state index is 0.0213. The largest absolute Gasteiger partial charge is 0.480 e. The van der Waals surface area contributed by atoms with Gasteiger partial charge in [-0.05, 0) is 13.3 Å². The first-order chi connectivity index (χ1) is 7.18. The summed E-state index contributed by atoms with van der Waals surface area (Å²) in [4.78, 5) is 29.7. The molecule has 8 N–H and O–H groups in total. The van der Waals surface area contributed by atoms with E-state index in [1.54, 1.807) is 0 Å². The maximum atomic E-state index is 10.1. The molecule has 8 nitrogen and oxygen atoms in total. The molecule has 0 aliphatic heterocycles. The number of carbonyl (C=O) groups is 3. The zero-order valence-electron chi connectivity index (χ0n) is 8.92. The van der Waals surface area contributed by atoms with Gasteiger partial charge in [0.15, 0.2) is 0 Å². The lowest BCUT2D eigenvalue weighted by atomic mass is 10.2. The van der Waals surface area contributed by atoms with Crippen molar-refractivity contribution in [3.63, 3.8) is 0 Å². The van der Waals surface area contributed by atoms with Crippen LogP contribution in [-0.2, 0) is 14.4 Å². The highest BCUT2D eigenvalue weighted by molar-refractivity contribution is 5.77. The van der Waals surface area contributed by atoms with E-state index in [9.17, 15) is 14.4 Å². The Balaban J connectivity index is 0. The second kappa shape index (κ2) is 8.62. The van der Waals surface area contributed by atoms with E-state index in [-0.39, 0.29) is 12.8 Å². The summed E-state index contributed by atoms with van der Waals surface area (Å²) in [5.41, 5.74) is 14.6. The molecule has 0 saturated carbocycles. The van der Waals surface area contributed by atoms with Crippen LogP contribution in [0.5, 0.6) is 0 Å². The average Bonchev–Trinajstić information content (AvgIpc) is 2.14. The van der Waals surface area contributed by atoms with Gasteiger partial charge < -0.3 is 27.4 Å². The van der Waals surface area contributed by atoms with E-state index < -0.39 is 29.9 Å². The Hall–Kier alpha value is -1.67. The van der Waals surface area contributed by atoms with Gasteiger partial charge in [0, 0.05) is 6.42 Å². The summed E-state index contributed by atoms with van der Waals surface area (Å²) in [6, 6.07) is -1.71. The lowest BCUT2D eigenvalue weighted by Crippen LogP contribution is -2.31. The van der Waals surface area contributed by atoms with Gasteiger partial charge in [0.25, 0.3) is 0 Å². The molecule has 1 amide bonds. The van der Waals surface area contributed by atoms with Crippen molar-refractivity contribution in [2.24, 2.45) is 17.2 Å². The van der Waals surface area contributed by atoms with E-state index in [0.29, 0.717) is 0 Å². The number of aliphatic carboxylic acids is 2. The molecule has 0 unspecified atom stereocenters. The Labute approximate surface area is 92.4 Å². The fourth-order valence-corrected chi connectivity index (χ4v) is 0.421. The smallest absolute Gasteiger partial charge is 0.320 e. The molecule has 0 aromatic carbocycles. The van der Waals surface area contributed by atoms with Crippen molar-refractivity contribution in [3.8, 4) is 0 Å². The SMILES string of the molecule is C[C@@H](N)C(=O)O.NC(=O)CC[C@H](N)C(=O)O. The summed E-state index contributed by atoms with van der Waals surface area (Å²) in [6.07, 6.45) is 0.123. The van der Waals surface area contributed by atoms with Crippen molar-refractivity contribution in [1.29, 1.82) is 0 Å². The van der Waals surface area contributed by atoms with Crippen molar-refractivity contribution < 1.29 is 24.6 Å². The number of nitrogens with two attached hydrogens (primary N) is 3. The minimum atomic E-state index is -1.11. The van der Waals surface area contributed by atoms with Gasteiger partial charge in [0.05, 0.1) is 0 Å². The monoisotopic (exact) mass is 235 g/mol. The number of primary amides is 1. The van der Waals surface area contributed by atoms with Gasteiger partial charge >= 0.3 is 11.9 Å². The standard InChI is InChI=1S/C5H10N2O3.C3H7NO2/c6-3(5(9)10)1-2-4(7)8;1-2(4)3(5)6/h3H,1-2,6H2,(H2,7,8)(H,9,10);2H,4H2,1H3,(H,5,6)/t3-;2-/m01/s1. The molecule has 0 radical (unpaired) electrons. The number of carboxylic acid groups (broad SMARTS) is 2. The van der Waals surface area contributed by atoms with Gasteiger partial charge in [-0.2, -0.15) is 0 Å². The van der Waals surface area contributed by atoms with E-state index >= 15 is 0 Å². The number of carbonyl (C=O) groups excluding carboxylic acids is 1. The van der Waals surface area contributed by atoms with Crippen LogP contribution in [0.15, 0.2) is 0 Å². The van der Waals surface area contributed by atoms with Crippen LogP contribution in [0.1, 0.15) is 19.8 Å². The molecule has 94 valence electrons. The normalized spacial score (nSPS) is 12.9. The van der Waals surface area contributed by atoms with Gasteiger partial charge in [-0.25, -0.2) is 0 Å². The zero-order valence-corrected chi connectivity index (χ0v) is 8.92.